The van der Waals surface area contributed by atoms with Crippen molar-refractivity contribution in [2.45, 2.75) is 39.0 Å². The Morgan fingerprint density at radius 1 is 1.03 bits per heavy atom. The van der Waals surface area contributed by atoms with E-state index in [1.54, 1.807) is 6.20 Å². The highest BCUT2D eigenvalue weighted by Crippen LogP contribution is 2.27. The van der Waals surface area contributed by atoms with Gasteiger partial charge in [-0.05, 0) is 50.5 Å². The molecule has 4 rings (SSSR count). The standard InChI is InChI=1S/C25H29N5O2/c1-18-6-3-4-8-22(18)32-15-12-25(31)30-13-10-20(11-14-30)21-16-26-17-24(28-21)29-23-9-5-7-19(2)27-23/h3-9,16-17,20H,10-15H2,1-2H3,(H,27,28,29). The quantitative estimate of drug-likeness (QED) is 0.597. The Morgan fingerprint density at radius 2 is 1.84 bits per heavy atom. The van der Waals surface area contributed by atoms with Crippen molar-refractivity contribution in [3.05, 3.63) is 71.8 Å². The Hall–Kier alpha value is -3.48. The molecule has 7 heteroatoms. The van der Waals surface area contributed by atoms with Gasteiger partial charge in [-0.1, -0.05) is 24.3 Å². The topological polar surface area (TPSA) is 80.2 Å². The molecule has 1 amide bonds. The number of benzene rings is 1. The first kappa shape index (κ1) is 21.7. The van der Waals surface area contributed by atoms with Crippen LogP contribution in [0.2, 0.25) is 0 Å². The Labute approximate surface area is 188 Å². The molecule has 0 unspecified atom stereocenters. The highest BCUT2D eigenvalue weighted by Gasteiger charge is 2.25. The summed E-state index contributed by atoms with van der Waals surface area (Å²) in [4.78, 5) is 28.1. The molecule has 7 nitrogen and oxygen atoms in total. The summed E-state index contributed by atoms with van der Waals surface area (Å²) in [6.07, 6.45) is 5.69. The number of ether oxygens (including phenoxy) is 1. The first-order chi connectivity index (χ1) is 15.6. The fourth-order valence-electron chi connectivity index (χ4n) is 3.93. The number of nitrogens with zero attached hydrogens (tertiary/aromatic N) is 4. The number of carbonyl (C=O) groups is 1. The highest BCUT2D eigenvalue weighted by atomic mass is 16.5. The van der Waals surface area contributed by atoms with Crippen LogP contribution in [-0.4, -0.2) is 45.5 Å². The lowest BCUT2D eigenvalue weighted by molar-refractivity contribution is -0.132. The minimum atomic E-state index is 0.143. The lowest BCUT2D eigenvalue weighted by Gasteiger charge is -2.31. The van der Waals surface area contributed by atoms with E-state index in [0.29, 0.717) is 24.8 Å². The molecule has 3 heterocycles. The Bertz CT molecular complexity index is 1060. The van der Waals surface area contributed by atoms with Gasteiger partial charge in [-0.25, -0.2) is 9.97 Å². The average molecular weight is 432 g/mol. The number of amides is 1. The van der Waals surface area contributed by atoms with Gasteiger partial charge >= 0.3 is 0 Å². The number of rotatable bonds is 7. The summed E-state index contributed by atoms with van der Waals surface area (Å²) in [5.74, 6) is 2.72. The molecule has 0 atom stereocenters. The van der Waals surface area contributed by atoms with E-state index in [9.17, 15) is 4.79 Å². The zero-order valence-corrected chi connectivity index (χ0v) is 18.6. The third-order valence-electron chi connectivity index (χ3n) is 5.73. The van der Waals surface area contributed by atoms with Crippen molar-refractivity contribution in [3.8, 4) is 5.75 Å². The van der Waals surface area contributed by atoms with E-state index in [-0.39, 0.29) is 5.91 Å². The van der Waals surface area contributed by atoms with Crippen LogP contribution in [-0.2, 0) is 4.79 Å². The number of likely N-dealkylation sites (tertiary alicyclic amines) is 1. The second-order valence-corrected chi connectivity index (χ2v) is 8.14. The number of hydrogen-bond acceptors (Lipinski definition) is 6. The monoisotopic (exact) mass is 431 g/mol. The van der Waals surface area contributed by atoms with Crippen LogP contribution >= 0.6 is 0 Å². The van der Waals surface area contributed by atoms with Crippen LogP contribution in [0.1, 0.15) is 42.1 Å². The molecule has 1 aromatic carbocycles. The summed E-state index contributed by atoms with van der Waals surface area (Å²) in [7, 11) is 0. The number of anilines is 2. The van der Waals surface area contributed by atoms with Gasteiger partial charge < -0.3 is 15.0 Å². The predicted octanol–water partition coefficient (Wildman–Crippen LogP) is 4.41. The number of aromatic nitrogens is 3. The smallest absolute Gasteiger partial charge is 0.225 e. The third-order valence-corrected chi connectivity index (χ3v) is 5.73. The SMILES string of the molecule is Cc1cccc(Nc2cncc(C3CCN(C(=O)CCOc4ccccc4C)CC3)n2)n1. The zero-order valence-electron chi connectivity index (χ0n) is 18.6. The normalized spacial score (nSPS) is 14.2. The first-order valence-electron chi connectivity index (χ1n) is 11.1. The van der Waals surface area contributed by atoms with Crippen LogP contribution in [0.25, 0.3) is 0 Å². The number of carbonyl (C=O) groups excluding carboxylic acids is 1. The molecule has 0 saturated carbocycles. The Balaban J connectivity index is 1.27. The van der Waals surface area contributed by atoms with Crippen LogP contribution in [0.5, 0.6) is 5.75 Å². The summed E-state index contributed by atoms with van der Waals surface area (Å²) in [6.45, 7) is 5.82. The van der Waals surface area contributed by atoms with E-state index < -0.39 is 0 Å². The molecule has 1 aliphatic heterocycles. The van der Waals surface area contributed by atoms with E-state index in [1.807, 2.05) is 67.4 Å². The fourth-order valence-corrected chi connectivity index (χ4v) is 3.93. The molecule has 0 radical (unpaired) electrons. The molecule has 0 bridgehead atoms. The molecular weight excluding hydrogens is 402 g/mol. The summed E-state index contributed by atoms with van der Waals surface area (Å²) in [6, 6.07) is 13.7. The highest BCUT2D eigenvalue weighted by molar-refractivity contribution is 5.76. The number of hydrogen-bond donors (Lipinski definition) is 1. The van der Waals surface area contributed by atoms with Gasteiger partial charge in [0.25, 0.3) is 0 Å². The van der Waals surface area contributed by atoms with Gasteiger partial charge in [0.2, 0.25) is 5.91 Å². The summed E-state index contributed by atoms with van der Waals surface area (Å²) in [5, 5.41) is 3.23. The second kappa shape index (κ2) is 10.2. The van der Waals surface area contributed by atoms with Crippen LogP contribution in [0.15, 0.2) is 54.9 Å². The van der Waals surface area contributed by atoms with E-state index in [2.05, 4.69) is 15.3 Å². The second-order valence-electron chi connectivity index (χ2n) is 8.14. The van der Waals surface area contributed by atoms with Crippen molar-refractivity contribution in [1.82, 2.24) is 19.9 Å². The molecule has 0 spiro atoms. The molecule has 1 fully saturated rings. The van der Waals surface area contributed by atoms with Gasteiger partial charge in [0, 0.05) is 30.9 Å². The first-order valence-corrected chi connectivity index (χ1v) is 11.1. The molecule has 3 aromatic rings. The Kier molecular flexibility index (Phi) is 6.94. The van der Waals surface area contributed by atoms with Crippen molar-refractivity contribution in [2.24, 2.45) is 0 Å². The molecule has 1 N–H and O–H groups in total. The summed E-state index contributed by atoms with van der Waals surface area (Å²) in [5.41, 5.74) is 2.98. The van der Waals surface area contributed by atoms with E-state index >= 15 is 0 Å². The fraction of sp³-hybridized carbons (Fsp3) is 0.360. The number of aryl methyl sites for hydroxylation is 2. The number of para-hydroxylation sites is 1. The molecule has 166 valence electrons. The maximum Gasteiger partial charge on any atom is 0.225 e. The van der Waals surface area contributed by atoms with Crippen molar-refractivity contribution in [3.63, 3.8) is 0 Å². The molecule has 1 aliphatic rings. The van der Waals surface area contributed by atoms with E-state index in [4.69, 9.17) is 9.72 Å². The van der Waals surface area contributed by atoms with Gasteiger partial charge in [0.05, 0.1) is 24.9 Å². The number of nitrogens with one attached hydrogen (secondary N) is 1. The number of pyridine rings is 1. The van der Waals surface area contributed by atoms with Crippen molar-refractivity contribution in [1.29, 1.82) is 0 Å². The van der Waals surface area contributed by atoms with Gasteiger partial charge in [0.15, 0.2) is 0 Å². The third kappa shape index (κ3) is 5.60. The summed E-state index contributed by atoms with van der Waals surface area (Å²) < 4.78 is 5.78. The van der Waals surface area contributed by atoms with Gasteiger partial charge in [0.1, 0.15) is 17.4 Å². The molecular formula is C25H29N5O2. The van der Waals surface area contributed by atoms with Crippen molar-refractivity contribution < 1.29 is 9.53 Å². The molecule has 0 aliphatic carbocycles. The van der Waals surface area contributed by atoms with Crippen molar-refractivity contribution >= 4 is 17.5 Å². The zero-order chi connectivity index (χ0) is 22.3. The van der Waals surface area contributed by atoms with Crippen LogP contribution < -0.4 is 10.1 Å². The largest absolute Gasteiger partial charge is 0.493 e. The van der Waals surface area contributed by atoms with Gasteiger partial charge in [-0.15, -0.1) is 0 Å². The van der Waals surface area contributed by atoms with Crippen molar-refractivity contribution in [2.75, 3.05) is 25.0 Å². The van der Waals surface area contributed by atoms with E-state index in [1.165, 1.54) is 0 Å². The average Bonchev–Trinajstić information content (AvgIpc) is 2.80. The van der Waals surface area contributed by atoms with Crippen LogP contribution in [0, 0.1) is 13.8 Å². The molecule has 2 aromatic heterocycles. The predicted molar refractivity (Wildman–Crippen MR) is 124 cm³/mol. The number of piperidine rings is 1. The maximum absolute atomic E-state index is 12.6. The van der Waals surface area contributed by atoms with Crippen LogP contribution in [0.4, 0.5) is 11.6 Å². The van der Waals surface area contributed by atoms with Gasteiger partial charge in [-0.2, -0.15) is 0 Å². The minimum absolute atomic E-state index is 0.143. The van der Waals surface area contributed by atoms with E-state index in [0.717, 1.165) is 54.4 Å². The molecule has 1 saturated heterocycles. The van der Waals surface area contributed by atoms with Gasteiger partial charge in [-0.3, -0.25) is 9.78 Å². The molecule has 32 heavy (non-hydrogen) atoms. The maximum atomic E-state index is 12.6. The minimum Gasteiger partial charge on any atom is -0.493 e. The Morgan fingerprint density at radius 3 is 2.62 bits per heavy atom. The lowest BCUT2D eigenvalue weighted by atomic mass is 9.93. The lowest BCUT2D eigenvalue weighted by Crippen LogP contribution is -2.38. The summed E-state index contributed by atoms with van der Waals surface area (Å²) >= 11 is 0. The van der Waals surface area contributed by atoms with Crippen LogP contribution in [0.3, 0.4) is 0 Å².